The van der Waals surface area contributed by atoms with E-state index in [4.69, 9.17) is 7.16 Å². The third-order valence-electron chi connectivity index (χ3n) is 9.70. The Morgan fingerprint density at radius 1 is 0.607 bits per heavy atom. The molecule has 0 N–H and O–H groups in total. The van der Waals surface area contributed by atoms with Crippen molar-refractivity contribution in [2.75, 3.05) is 0 Å². The standard InChI is InChI=1S/C55H45FN3O.Ir/c1-55(2,3)49-33-52(48-16-10-15-47-46-26-25-45(56)32-53(46)60-54(47)48)59-36-44(49)24-21-41-30-39(19-17-37-22-27-50(57-34-37)42-11-6-4-7-12-42)29-40(31-41)20-18-38-23-28-51(58-35-38)43-13-8-5-9-14-43;/h4-11,13,15,22-23,25-36H,17-21,24H2,1-3H3;/q-3;+3/i17D2,18D2,19D2,20D2,21D2,24D2,25D,32D;. The molecule has 0 amide bonds. The molecule has 0 spiro atoms. The van der Waals surface area contributed by atoms with Crippen LogP contribution in [0, 0.1) is 24.0 Å². The smallest absolute Gasteiger partial charge is 0.500 e. The molecule has 0 bridgehead atoms. The van der Waals surface area contributed by atoms with Crippen molar-refractivity contribution < 1.29 is 48.1 Å². The Labute approximate surface area is 391 Å². The first-order valence-electron chi connectivity index (χ1n) is 26.2. The molecule has 0 unspecified atom stereocenters. The minimum Gasteiger partial charge on any atom is -0.500 e. The van der Waals surface area contributed by atoms with Gasteiger partial charge >= 0.3 is 20.1 Å². The molecule has 4 heterocycles. The third-order valence-corrected chi connectivity index (χ3v) is 9.70. The first-order chi connectivity index (χ1) is 34.6. The van der Waals surface area contributed by atoms with Gasteiger partial charge in [-0.05, 0) is 112 Å². The summed E-state index contributed by atoms with van der Waals surface area (Å²) >= 11 is 0. The summed E-state index contributed by atoms with van der Waals surface area (Å²) in [5.74, 6) is -1.06. The van der Waals surface area contributed by atoms with Crippen LogP contribution in [-0.4, -0.2) is 15.0 Å². The predicted molar refractivity (Wildman–Crippen MR) is 240 cm³/mol. The predicted octanol–water partition coefficient (Wildman–Crippen LogP) is 13.0. The van der Waals surface area contributed by atoms with Crippen LogP contribution >= 0.6 is 0 Å². The van der Waals surface area contributed by atoms with Gasteiger partial charge in [0.2, 0.25) is 0 Å². The molecule has 4 nitrogen and oxygen atoms in total. The molecular formula is C55H45FIrN3O. The van der Waals surface area contributed by atoms with Crippen LogP contribution in [0.15, 0.2) is 150 Å². The van der Waals surface area contributed by atoms with Crippen LogP contribution in [0.2, 0.25) is 0 Å². The summed E-state index contributed by atoms with van der Waals surface area (Å²) in [6.07, 6.45) is -15.0. The summed E-state index contributed by atoms with van der Waals surface area (Å²) in [6.45, 7) is 5.30. The molecule has 9 aromatic rings. The maximum absolute atomic E-state index is 14.7. The van der Waals surface area contributed by atoms with Gasteiger partial charge in [-0.15, -0.1) is 90.0 Å². The Bertz CT molecular complexity index is 3460. The summed E-state index contributed by atoms with van der Waals surface area (Å²) in [7, 11) is 0. The molecule has 0 aliphatic heterocycles. The molecule has 9 rings (SSSR count). The van der Waals surface area contributed by atoms with Crippen molar-refractivity contribution in [3.8, 4) is 33.8 Å². The number of hydrogen-bond donors (Lipinski definition) is 0. The summed E-state index contributed by atoms with van der Waals surface area (Å²) in [4.78, 5) is 13.3. The first-order valence-corrected chi connectivity index (χ1v) is 19.2. The maximum atomic E-state index is 14.7. The van der Waals surface area contributed by atoms with Gasteiger partial charge in [0.05, 0.1) is 8.32 Å². The fourth-order valence-corrected chi connectivity index (χ4v) is 6.72. The average Bonchev–Trinajstić information content (AvgIpc) is 3.76. The van der Waals surface area contributed by atoms with Crippen LogP contribution in [0.5, 0.6) is 0 Å². The molecule has 0 fully saturated rings. The van der Waals surface area contributed by atoms with Crippen LogP contribution in [0.4, 0.5) is 4.39 Å². The Kier molecular flexibility index (Phi) is 8.30. The number of furan rings is 1. The second-order valence-corrected chi connectivity index (χ2v) is 15.0. The number of aryl methyl sites for hydroxylation is 6. The Hall–Kier alpha value is -6.07. The van der Waals surface area contributed by atoms with Crippen molar-refractivity contribution in [2.24, 2.45) is 0 Å². The number of hydrogen-bond acceptors (Lipinski definition) is 4. The fraction of sp³-hybridized carbons (Fsp3) is 0.182. The summed E-state index contributed by atoms with van der Waals surface area (Å²) in [6, 6.07) is 36.5. The maximum Gasteiger partial charge on any atom is 3.00 e. The first kappa shape index (κ1) is 27.7. The molecule has 61 heavy (non-hydrogen) atoms. The summed E-state index contributed by atoms with van der Waals surface area (Å²) in [5.41, 5.74) is -0.690. The summed E-state index contributed by atoms with van der Waals surface area (Å²) in [5, 5.41) is 0.751. The molecule has 6 heteroatoms. The molecule has 0 saturated carbocycles. The van der Waals surface area contributed by atoms with Crippen LogP contribution in [-0.2, 0) is 63.8 Å². The zero-order valence-corrected chi connectivity index (χ0v) is 35.6. The number of fused-ring (bicyclic) bond motifs is 3. The SMILES string of the molecule is [2H]c1cc2c(oc3c(-c4cc(C(C)(C)C)c(C([2H])([2H])C([2H])([2H])c5cc(C([2H])([2H])C([2H])([2H])c6ccc(-c7[c-]cccc7)nc6)cc(C([2H])([2H])C([2H])([2H])c6ccc(-c7[c-]cccc7)nc6)c5)cn4)[c-]ccc32)c([2H])c1F.[Ir+3]. The molecule has 0 radical (unpaired) electrons. The van der Waals surface area contributed by atoms with Gasteiger partial charge in [-0.3, -0.25) is 0 Å². The van der Waals surface area contributed by atoms with E-state index in [1.807, 2.05) is 0 Å². The average molecular weight is 989 g/mol. The number of benzene rings is 5. The van der Waals surface area contributed by atoms with Gasteiger partial charge in [-0.2, -0.15) is 0 Å². The molecule has 4 aromatic heterocycles. The van der Waals surface area contributed by atoms with E-state index in [1.54, 1.807) is 81.4 Å². The van der Waals surface area contributed by atoms with E-state index in [0.717, 1.165) is 36.8 Å². The zero-order chi connectivity index (χ0) is 53.6. The van der Waals surface area contributed by atoms with Crippen molar-refractivity contribution in [3.05, 3.63) is 209 Å². The van der Waals surface area contributed by atoms with Gasteiger partial charge in [-0.25, -0.2) is 4.39 Å². The molecule has 0 saturated heterocycles. The molecule has 0 atom stereocenters. The second-order valence-electron chi connectivity index (χ2n) is 15.0. The van der Waals surface area contributed by atoms with E-state index < -0.39 is 78.2 Å². The number of rotatable bonds is 12. The van der Waals surface area contributed by atoms with E-state index in [0.29, 0.717) is 33.3 Å². The van der Waals surface area contributed by atoms with Crippen LogP contribution < -0.4 is 0 Å². The zero-order valence-electron chi connectivity index (χ0n) is 47.2. The van der Waals surface area contributed by atoms with Gasteiger partial charge in [0.15, 0.2) is 0 Å². The number of pyridine rings is 3. The molecule has 0 aliphatic carbocycles. The van der Waals surface area contributed by atoms with Crippen LogP contribution in [0.25, 0.3) is 55.7 Å². The van der Waals surface area contributed by atoms with Crippen LogP contribution in [0.3, 0.4) is 0 Å². The van der Waals surface area contributed by atoms with Gasteiger partial charge in [0.1, 0.15) is 11.4 Å². The molecule has 0 aliphatic rings. The molecular weight excluding hydrogens is 930 g/mol. The van der Waals surface area contributed by atoms with Crippen molar-refractivity contribution >= 4 is 21.9 Å². The van der Waals surface area contributed by atoms with E-state index in [1.165, 1.54) is 36.4 Å². The van der Waals surface area contributed by atoms with E-state index in [-0.39, 0.29) is 64.8 Å². The van der Waals surface area contributed by atoms with E-state index >= 15 is 0 Å². The molecule has 302 valence electrons. The van der Waals surface area contributed by atoms with Crippen molar-refractivity contribution in [1.29, 1.82) is 0 Å². The largest absolute Gasteiger partial charge is 3.00 e. The van der Waals surface area contributed by atoms with Gasteiger partial charge in [0, 0.05) is 46.5 Å². The topological polar surface area (TPSA) is 51.8 Å². The normalized spacial score (nSPS) is 16.3. The van der Waals surface area contributed by atoms with E-state index in [2.05, 4.69) is 33.2 Å². The fourth-order valence-electron chi connectivity index (χ4n) is 6.72. The number of aromatic nitrogens is 3. The van der Waals surface area contributed by atoms with Gasteiger partial charge in [-0.1, -0.05) is 80.3 Å². The number of nitrogens with zero attached hydrogens (tertiary/aromatic N) is 3. The van der Waals surface area contributed by atoms with Crippen molar-refractivity contribution in [3.63, 3.8) is 0 Å². The quantitative estimate of drug-likeness (QED) is 0.114. The van der Waals surface area contributed by atoms with Gasteiger partial charge in [0.25, 0.3) is 0 Å². The Morgan fingerprint density at radius 3 is 1.72 bits per heavy atom. The summed E-state index contributed by atoms with van der Waals surface area (Å²) < 4.78 is 151. The Balaban J connectivity index is 0.00000747. The van der Waals surface area contributed by atoms with Crippen molar-refractivity contribution in [2.45, 2.75) is 64.4 Å². The molecule has 5 aromatic carbocycles. The monoisotopic (exact) mass is 989 g/mol. The Morgan fingerprint density at radius 2 is 1.18 bits per heavy atom. The number of halogens is 1. The van der Waals surface area contributed by atoms with Crippen LogP contribution in [0.1, 0.15) is 78.9 Å². The minimum absolute atomic E-state index is 0. The van der Waals surface area contributed by atoms with Crippen molar-refractivity contribution in [1.82, 2.24) is 15.0 Å². The van der Waals surface area contributed by atoms with E-state index in [9.17, 15) is 20.8 Å². The van der Waals surface area contributed by atoms with Gasteiger partial charge < -0.3 is 19.4 Å². The third kappa shape index (κ3) is 9.62. The minimum atomic E-state index is -3.22. The second kappa shape index (κ2) is 18.3.